The van der Waals surface area contributed by atoms with Crippen LogP contribution in [-0.2, 0) is 0 Å². The molecule has 1 aliphatic rings. The lowest BCUT2D eigenvalue weighted by molar-refractivity contribution is 0.590. The summed E-state index contributed by atoms with van der Waals surface area (Å²) in [6.45, 7) is 0.975. The summed E-state index contributed by atoms with van der Waals surface area (Å²) in [5, 5.41) is 3.26. The molecule has 0 radical (unpaired) electrons. The van der Waals surface area contributed by atoms with Crippen molar-refractivity contribution in [3.05, 3.63) is 71.0 Å². The van der Waals surface area contributed by atoms with Crippen molar-refractivity contribution >= 4 is 0 Å². The van der Waals surface area contributed by atoms with Crippen molar-refractivity contribution in [3.8, 4) is 0 Å². The zero-order valence-electron chi connectivity index (χ0n) is 11.1. The van der Waals surface area contributed by atoms with Gasteiger partial charge in [0.2, 0.25) is 0 Å². The van der Waals surface area contributed by atoms with Crippen LogP contribution in [0.15, 0.2) is 48.5 Å². The molecule has 2 heteroatoms. The second kappa shape index (κ2) is 5.14. The molecular formula is C17H18FN. The van der Waals surface area contributed by atoms with Gasteiger partial charge in [-0.3, -0.25) is 0 Å². The van der Waals surface area contributed by atoms with E-state index in [9.17, 15) is 4.39 Å². The second-order valence-electron chi connectivity index (χ2n) is 5.23. The maximum atomic E-state index is 13.4. The van der Waals surface area contributed by atoms with Crippen LogP contribution >= 0.6 is 0 Å². The average molecular weight is 255 g/mol. The molecule has 19 heavy (non-hydrogen) atoms. The zero-order valence-corrected chi connectivity index (χ0v) is 11.1. The van der Waals surface area contributed by atoms with E-state index in [1.807, 2.05) is 13.1 Å². The molecule has 0 fully saturated rings. The van der Waals surface area contributed by atoms with Crippen molar-refractivity contribution < 1.29 is 4.39 Å². The van der Waals surface area contributed by atoms with Crippen LogP contribution in [-0.4, -0.2) is 13.6 Å². The molecule has 0 amide bonds. The Labute approximate surface area is 113 Å². The molecule has 0 bridgehead atoms. The number of hydrogen-bond donors (Lipinski definition) is 1. The topological polar surface area (TPSA) is 12.0 Å². The summed E-state index contributed by atoms with van der Waals surface area (Å²) in [5.41, 5.74) is 3.85. The van der Waals surface area contributed by atoms with Crippen LogP contribution in [0.3, 0.4) is 0 Å². The van der Waals surface area contributed by atoms with Gasteiger partial charge in [-0.25, -0.2) is 4.39 Å². The van der Waals surface area contributed by atoms with Gasteiger partial charge < -0.3 is 5.32 Å². The summed E-state index contributed by atoms with van der Waals surface area (Å²) in [5.74, 6) is 0.701. The Kier molecular flexibility index (Phi) is 3.34. The molecule has 2 aromatic carbocycles. The lowest BCUT2D eigenvalue weighted by atomic mass is 9.92. The molecule has 3 rings (SSSR count). The highest BCUT2D eigenvalue weighted by atomic mass is 19.1. The summed E-state index contributed by atoms with van der Waals surface area (Å²) in [6, 6.07) is 15.6. The molecule has 98 valence electrons. The van der Waals surface area contributed by atoms with Crippen molar-refractivity contribution in [2.45, 2.75) is 18.3 Å². The van der Waals surface area contributed by atoms with Crippen molar-refractivity contribution in [2.24, 2.45) is 0 Å². The van der Waals surface area contributed by atoms with Crippen LogP contribution in [0, 0.1) is 5.82 Å². The Balaban J connectivity index is 2.00. The van der Waals surface area contributed by atoms with E-state index in [1.165, 1.54) is 17.2 Å². The van der Waals surface area contributed by atoms with Gasteiger partial charge in [-0.2, -0.15) is 0 Å². The zero-order chi connectivity index (χ0) is 13.2. The molecule has 0 heterocycles. The van der Waals surface area contributed by atoms with Gasteiger partial charge in [0.1, 0.15) is 5.82 Å². The number of rotatable bonds is 3. The highest BCUT2D eigenvalue weighted by Crippen LogP contribution is 2.44. The van der Waals surface area contributed by atoms with Crippen molar-refractivity contribution in [3.63, 3.8) is 0 Å². The first kappa shape index (κ1) is 12.4. The van der Waals surface area contributed by atoms with E-state index in [1.54, 1.807) is 12.1 Å². The normalized spacial score (nSPS) is 21.4. The highest BCUT2D eigenvalue weighted by Gasteiger charge is 2.31. The summed E-state index contributed by atoms with van der Waals surface area (Å²) in [6.07, 6.45) is 1.06. The predicted octanol–water partition coefficient (Wildman–Crippen LogP) is 3.66. The third-order valence-corrected chi connectivity index (χ3v) is 4.03. The van der Waals surface area contributed by atoms with Crippen LogP contribution in [0.2, 0.25) is 0 Å². The molecule has 0 unspecified atom stereocenters. The van der Waals surface area contributed by atoms with Crippen molar-refractivity contribution in [2.75, 3.05) is 13.6 Å². The van der Waals surface area contributed by atoms with Gasteiger partial charge in [-0.15, -0.1) is 0 Å². The monoisotopic (exact) mass is 255 g/mol. The van der Waals surface area contributed by atoms with Gasteiger partial charge in [-0.05, 0) is 48.2 Å². The predicted molar refractivity (Wildman–Crippen MR) is 76.0 cm³/mol. The van der Waals surface area contributed by atoms with Crippen molar-refractivity contribution in [1.29, 1.82) is 0 Å². The Morgan fingerprint density at radius 2 is 1.89 bits per heavy atom. The number of likely N-dealkylation sites (N-methyl/N-ethyl adjacent to an activating group) is 1. The number of benzene rings is 2. The number of halogens is 1. The number of nitrogens with one attached hydrogen (secondary N) is 1. The first-order valence-electron chi connectivity index (χ1n) is 6.78. The first-order valence-corrected chi connectivity index (χ1v) is 6.78. The molecule has 2 aromatic rings. The van der Waals surface area contributed by atoms with Gasteiger partial charge in [0.05, 0.1) is 0 Å². The molecule has 1 nitrogen and oxygen atoms in total. The number of fused-ring (bicyclic) bond motifs is 1. The Hall–Kier alpha value is -1.67. The van der Waals surface area contributed by atoms with E-state index in [4.69, 9.17) is 0 Å². The molecule has 0 aromatic heterocycles. The molecule has 0 spiro atoms. The maximum absolute atomic E-state index is 13.4. The fourth-order valence-electron chi connectivity index (χ4n) is 3.22. The minimum absolute atomic E-state index is 0.146. The summed E-state index contributed by atoms with van der Waals surface area (Å²) >= 11 is 0. The lowest BCUT2D eigenvalue weighted by Gasteiger charge is -2.12. The third kappa shape index (κ3) is 2.28. The quantitative estimate of drug-likeness (QED) is 0.882. The first-order chi connectivity index (χ1) is 9.29. The Bertz CT molecular complexity index is 579. The molecule has 0 saturated carbocycles. The Morgan fingerprint density at radius 3 is 2.63 bits per heavy atom. The van der Waals surface area contributed by atoms with Crippen LogP contribution in [0.5, 0.6) is 0 Å². The summed E-state index contributed by atoms with van der Waals surface area (Å²) in [4.78, 5) is 0. The minimum atomic E-state index is -0.146. The fraction of sp³-hybridized carbons (Fsp3) is 0.294. The molecule has 1 N–H and O–H groups in total. The van der Waals surface area contributed by atoms with E-state index >= 15 is 0 Å². The van der Waals surface area contributed by atoms with E-state index < -0.39 is 0 Å². The SMILES string of the molecule is CNC[C@H]1C[C@@H](c2cccc(F)c2)c2ccccc21. The standard InChI is InChI=1S/C17H18FN/c1-19-11-13-10-17(12-5-4-6-14(18)9-12)16-8-3-2-7-15(13)16/h2-9,13,17,19H,10-11H2,1H3/t13-,17+/m1/s1. The average Bonchev–Trinajstić information content (AvgIpc) is 2.79. The van der Waals surface area contributed by atoms with Gasteiger partial charge in [0.15, 0.2) is 0 Å². The maximum Gasteiger partial charge on any atom is 0.123 e. The minimum Gasteiger partial charge on any atom is -0.319 e. The van der Waals surface area contributed by atoms with Gasteiger partial charge in [-0.1, -0.05) is 36.4 Å². The smallest absolute Gasteiger partial charge is 0.123 e. The van der Waals surface area contributed by atoms with Crippen LogP contribution < -0.4 is 5.32 Å². The van der Waals surface area contributed by atoms with Crippen LogP contribution in [0.1, 0.15) is 34.9 Å². The van der Waals surface area contributed by atoms with Gasteiger partial charge >= 0.3 is 0 Å². The van der Waals surface area contributed by atoms with Crippen molar-refractivity contribution in [1.82, 2.24) is 5.32 Å². The molecule has 0 saturated heterocycles. The largest absolute Gasteiger partial charge is 0.319 e. The van der Waals surface area contributed by atoms with Gasteiger partial charge in [0.25, 0.3) is 0 Å². The molecule has 2 atom stereocenters. The molecule has 1 aliphatic carbocycles. The van der Waals surface area contributed by atoms with E-state index in [-0.39, 0.29) is 5.82 Å². The molecular weight excluding hydrogens is 237 g/mol. The second-order valence-corrected chi connectivity index (χ2v) is 5.23. The fourth-order valence-corrected chi connectivity index (χ4v) is 3.22. The Morgan fingerprint density at radius 1 is 1.11 bits per heavy atom. The summed E-state index contributed by atoms with van der Waals surface area (Å²) in [7, 11) is 1.98. The van der Waals surface area contributed by atoms with Crippen LogP contribution in [0.25, 0.3) is 0 Å². The van der Waals surface area contributed by atoms with E-state index in [0.717, 1.165) is 18.5 Å². The van der Waals surface area contributed by atoms with E-state index in [2.05, 4.69) is 29.6 Å². The molecule has 0 aliphatic heterocycles. The highest BCUT2D eigenvalue weighted by molar-refractivity contribution is 5.44. The summed E-state index contributed by atoms with van der Waals surface area (Å²) < 4.78 is 13.4. The lowest BCUT2D eigenvalue weighted by Crippen LogP contribution is -2.15. The third-order valence-electron chi connectivity index (χ3n) is 4.03. The number of hydrogen-bond acceptors (Lipinski definition) is 1. The van der Waals surface area contributed by atoms with Crippen LogP contribution in [0.4, 0.5) is 4.39 Å². The van der Waals surface area contributed by atoms with Gasteiger partial charge in [0, 0.05) is 12.5 Å². The van der Waals surface area contributed by atoms with E-state index in [0.29, 0.717) is 11.8 Å².